The number of rotatable bonds is 34. The van der Waals surface area contributed by atoms with Gasteiger partial charge in [0.15, 0.2) is 5.78 Å². The summed E-state index contributed by atoms with van der Waals surface area (Å²) in [5.74, 6) is -0.184. The summed E-state index contributed by atoms with van der Waals surface area (Å²) in [6.07, 6.45) is 1.60. The fourth-order valence-corrected chi connectivity index (χ4v) is 5.45. The highest BCUT2D eigenvalue weighted by atomic mass is 16.6. The number of benzene rings is 2. The van der Waals surface area contributed by atoms with E-state index in [1.807, 2.05) is 42.5 Å². The maximum absolute atomic E-state index is 12.6. The van der Waals surface area contributed by atoms with Crippen LogP contribution in [0.4, 0.5) is 5.69 Å². The maximum Gasteiger partial charge on any atom is 0.325 e. The third-order valence-corrected chi connectivity index (χ3v) is 8.26. The van der Waals surface area contributed by atoms with Gasteiger partial charge >= 0.3 is 5.97 Å². The Morgan fingerprint density at radius 2 is 1.12 bits per heavy atom. The summed E-state index contributed by atoms with van der Waals surface area (Å²) in [6.45, 7) is 11.7. The van der Waals surface area contributed by atoms with Crippen LogP contribution in [0.3, 0.4) is 0 Å². The molecule has 0 spiro atoms. The van der Waals surface area contributed by atoms with E-state index >= 15 is 0 Å². The Labute approximate surface area is 353 Å². The summed E-state index contributed by atoms with van der Waals surface area (Å²) >= 11 is 0. The molecule has 0 unspecified atom stereocenters. The fraction of sp³-hybridized carbons (Fsp3) is 0.614. The number of fused-ring (bicyclic) bond motifs is 1. The van der Waals surface area contributed by atoms with Gasteiger partial charge < -0.3 is 52.7 Å². The lowest BCUT2D eigenvalue weighted by Gasteiger charge is -2.19. The minimum atomic E-state index is -0.590. The molecule has 0 saturated heterocycles. The number of ketones is 2. The van der Waals surface area contributed by atoms with Crippen molar-refractivity contribution in [1.29, 1.82) is 0 Å². The number of ether oxygens (including phenoxy) is 10. The second-order valence-corrected chi connectivity index (χ2v) is 14.5. The highest BCUT2D eigenvalue weighted by Crippen LogP contribution is 2.28. The minimum Gasteiger partial charge on any atom is -0.485 e. The van der Waals surface area contributed by atoms with E-state index in [9.17, 15) is 19.2 Å². The van der Waals surface area contributed by atoms with Gasteiger partial charge in [-0.2, -0.15) is 0 Å². The molecule has 1 N–H and O–H groups in total. The first kappa shape index (κ1) is 50.2. The standard InChI is InChI=1S/C44H64N2O14/c1-44(2,3)60-43(50)33-45-42(49)14-16-52-18-20-54-22-24-56-26-28-58-30-29-57-27-25-55-23-21-53-19-17-51-15-8-10-36(47)34-59-41-13-7-5-11-38(41)40-32-37(48)31-35-9-4-6-12-39(35)46-40/h4-7,9,11-13H,8,10,14-34H2,1-3H3,(H,45,49). The molecule has 0 aliphatic carbocycles. The van der Waals surface area contributed by atoms with E-state index < -0.39 is 11.6 Å². The number of nitrogens with one attached hydrogen (secondary N) is 1. The highest BCUT2D eigenvalue weighted by molar-refractivity contribution is 6.14. The number of nitrogens with zero attached hydrogens (tertiary/aromatic N) is 1. The average Bonchev–Trinajstić information content (AvgIpc) is 3.39. The molecule has 1 aliphatic rings. The van der Waals surface area contributed by atoms with E-state index in [1.54, 1.807) is 26.8 Å². The molecule has 0 radical (unpaired) electrons. The van der Waals surface area contributed by atoms with Gasteiger partial charge in [-0.3, -0.25) is 24.2 Å². The van der Waals surface area contributed by atoms with Gasteiger partial charge in [0, 0.05) is 37.9 Å². The van der Waals surface area contributed by atoms with Crippen LogP contribution in [0, 0.1) is 0 Å². The van der Waals surface area contributed by atoms with Crippen LogP contribution in [0.25, 0.3) is 0 Å². The summed E-state index contributed by atoms with van der Waals surface area (Å²) in [4.78, 5) is 53.2. The zero-order valence-electron chi connectivity index (χ0n) is 35.5. The summed E-state index contributed by atoms with van der Waals surface area (Å²) in [5.41, 5.74) is 2.46. The monoisotopic (exact) mass is 844 g/mol. The number of carbonyl (C=O) groups excluding carboxylic acids is 4. The van der Waals surface area contributed by atoms with Crippen LogP contribution in [-0.2, 0) is 68.2 Å². The van der Waals surface area contributed by atoms with Crippen molar-refractivity contribution in [3.05, 3.63) is 59.7 Å². The molecule has 0 saturated carbocycles. The number of aliphatic imine (C=N–C) groups is 1. The van der Waals surface area contributed by atoms with Crippen molar-refractivity contribution in [2.24, 2.45) is 4.99 Å². The molecular weight excluding hydrogens is 780 g/mol. The number of para-hydroxylation sites is 2. The minimum absolute atomic E-state index is 0.0372. The van der Waals surface area contributed by atoms with Crippen LogP contribution < -0.4 is 10.1 Å². The third kappa shape index (κ3) is 24.2. The first-order valence-electron chi connectivity index (χ1n) is 20.6. The van der Waals surface area contributed by atoms with Crippen molar-refractivity contribution < 1.29 is 66.5 Å². The molecular formula is C44H64N2O14. The number of hydrogen-bond donors (Lipinski definition) is 1. The van der Waals surface area contributed by atoms with Gasteiger partial charge in [0.25, 0.3) is 0 Å². The molecule has 2 aromatic rings. The molecule has 1 heterocycles. The van der Waals surface area contributed by atoms with Crippen LogP contribution in [0.2, 0.25) is 0 Å². The molecule has 60 heavy (non-hydrogen) atoms. The number of esters is 1. The lowest BCUT2D eigenvalue weighted by atomic mass is 10.0. The van der Waals surface area contributed by atoms with Crippen molar-refractivity contribution in [2.75, 3.05) is 119 Å². The Hall–Kier alpha value is -4.13. The van der Waals surface area contributed by atoms with Crippen molar-refractivity contribution in [1.82, 2.24) is 5.32 Å². The van der Waals surface area contributed by atoms with E-state index in [4.69, 9.17) is 52.4 Å². The zero-order chi connectivity index (χ0) is 43.1. The normalized spacial score (nSPS) is 12.7. The SMILES string of the molecule is CC(C)(C)OC(=O)CNC(=O)CCOCCOCCOCCOCCOCCOCCOCCOCCCC(=O)COc1ccccc1C1=Nc2ccccc2CC(=O)C1. The summed E-state index contributed by atoms with van der Waals surface area (Å²) in [7, 11) is 0. The van der Waals surface area contributed by atoms with Gasteiger partial charge in [0.1, 0.15) is 30.3 Å². The molecule has 1 aliphatic heterocycles. The number of hydrogen-bond acceptors (Lipinski definition) is 15. The van der Waals surface area contributed by atoms with Crippen molar-refractivity contribution in [3.8, 4) is 5.75 Å². The Morgan fingerprint density at radius 3 is 1.68 bits per heavy atom. The predicted octanol–water partition coefficient (Wildman–Crippen LogP) is 4.03. The van der Waals surface area contributed by atoms with Crippen molar-refractivity contribution in [2.45, 2.75) is 58.5 Å². The topological polar surface area (TPSA) is 185 Å². The molecule has 0 aromatic heterocycles. The zero-order valence-corrected chi connectivity index (χ0v) is 35.5. The predicted molar refractivity (Wildman–Crippen MR) is 222 cm³/mol. The van der Waals surface area contributed by atoms with Gasteiger partial charge in [-0.15, -0.1) is 0 Å². The van der Waals surface area contributed by atoms with E-state index in [0.29, 0.717) is 130 Å². The molecule has 2 aromatic carbocycles. The molecule has 16 nitrogen and oxygen atoms in total. The Balaban J connectivity index is 1.02. The van der Waals surface area contributed by atoms with Gasteiger partial charge in [-0.25, -0.2) is 0 Å². The van der Waals surface area contributed by atoms with E-state index in [2.05, 4.69) is 5.32 Å². The summed E-state index contributed by atoms with van der Waals surface area (Å²) < 4.78 is 54.9. The lowest BCUT2D eigenvalue weighted by Crippen LogP contribution is -2.35. The van der Waals surface area contributed by atoms with Gasteiger partial charge in [0.05, 0.1) is 111 Å². The van der Waals surface area contributed by atoms with Crippen molar-refractivity contribution in [3.63, 3.8) is 0 Å². The molecule has 0 atom stereocenters. The van der Waals surface area contributed by atoms with Crippen LogP contribution in [-0.4, -0.2) is 154 Å². The highest BCUT2D eigenvalue weighted by Gasteiger charge is 2.20. The van der Waals surface area contributed by atoms with Gasteiger partial charge in [-0.1, -0.05) is 30.3 Å². The van der Waals surface area contributed by atoms with E-state index in [1.165, 1.54) is 0 Å². The molecule has 3 rings (SSSR count). The second kappa shape index (κ2) is 30.8. The smallest absolute Gasteiger partial charge is 0.325 e. The quantitative estimate of drug-likeness (QED) is 0.0787. The third-order valence-electron chi connectivity index (χ3n) is 8.26. The first-order chi connectivity index (χ1) is 29.1. The molecule has 16 heteroatoms. The number of carbonyl (C=O) groups is 4. The largest absolute Gasteiger partial charge is 0.485 e. The van der Waals surface area contributed by atoms with Crippen molar-refractivity contribution >= 4 is 34.8 Å². The first-order valence-corrected chi connectivity index (χ1v) is 20.6. The number of Topliss-reactive ketones (excluding diaryl/α,β-unsaturated/α-hetero) is 2. The molecule has 1 amide bonds. The van der Waals surface area contributed by atoms with Crippen LogP contribution in [0.15, 0.2) is 53.5 Å². The van der Waals surface area contributed by atoms with Crippen LogP contribution in [0.5, 0.6) is 5.75 Å². The number of amides is 1. The Kier molecular flexibility index (Phi) is 25.8. The Bertz CT molecular complexity index is 1580. The maximum atomic E-state index is 12.6. The molecule has 334 valence electrons. The van der Waals surface area contributed by atoms with Crippen LogP contribution in [0.1, 0.15) is 57.6 Å². The molecule has 0 bridgehead atoms. The van der Waals surface area contributed by atoms with Gasteiger partial charge in [-0.05, 0) is 51.0 Å². The fourth-order valence-electron chi connectivity index (χ4n) is 5.45. The Morgan fingerprint density at radius 1 is 0.617 bits per heavy atom. The van der Waals surface area contributed by atoms with E-state index in [-0.39, 0.29) is 50.1 Å². The summed E-state index contributed by atoms with van der Waals surface area (Å²) in [5, 5.41) is 2.50. The van der Waals surface area contributed by atoms with Gasteiger partial charge in [0.2, 0.25) is 5.91 Å². The lowest BCUT2D eigenvalue weighted by molar-refractivity contribution is -0.154. The van der Waals surface area contributed by atoms with Crippen LogP contribution >= 0.6 is 0 Å². The average molecular weight is 845 g/mol. The second-order valence-electron chi connectivity index (χ2n) is 14.5. The summed E-state index contributed by atoms with van der Waals surface area (Å²) in [6, 6.07) is 15.0. The van der Waals surface area contributed by atoms with E-state index in [0.717, 1.165) is 16.8 Å². The molecule has 0 fully saturated rings.